The van der Waals surface area contributed by atoms with Gasteiger partial charge in [0.2, 0.25) is 5.91 Å². The number of carbonyl (C=O) groups is 1. The molecule has 0 aliphatic heterocycles. The van der Waals surface area contributed by atoms with Crippen molar-refractivity contribution < 1.29 is 14.7 Å². The number of hydroxylamine groups is 2. The molecule has 10 heavy (non-hydrogen) atoms. The van der Waals surface area contributed by atoms with E-state index in [4.69, 9.17) is 5.11 Å². The average molecular weight is 147 g/mol. The molecule has 0 bridgehead atoms. The van der Waals surface area contributed by atoms with Crippen LogP contribution in [0.4, 0.5) is 0 Å². The molecule has 0 fully saturated rings. The van der Waals surface area contributed by atoms with Crippen LogP contribution < -0.4 is 0 Å². The highest BCUT2D eigenvalue weighted by Crippen LogP contribution is 1.91. The molecular formula is C6H13NO3. The van der Waals surface area contributed by atoms with Crippen LogP contribution in [0.25, 0.3) is 0 Å². The molecule has 0 aliphatic rings. The fourth-order valence-electron chi connectivity index (χ4n) is 0.585. The summed E-state index contributed by atoms with van der Waals surface area (Å²) in [6.07, 6.45) is 0.397. The molecular weight excluding hydrogens is 134 g/mol. The first-order chi connectivity index (χ1) is 4.76. The SMILES string of the molecule is CCC(=O)N(CCO)OC. The fourth-order valence-corrected chi connectivity index (χ4v) is 0.585. The van der Waals surface area contributed by atoms with Crippen molar-refractivity contribution in [3.05, 3.63) is 0 Å². The zero-order valence-corrected chi connectivity index (χ0v) is 6.33. The first kappa shape index (κ1) is 9.39. The van der Waals surface area contributed by atoms with E-state index in [0.29, 0.717) is 6.42 Å². The van der Waals surface area contributed by atoms with Gasteiger partial charge in [0.1, 0.15) is 0 Å². The lowest BCUT2D eigenvalue weighted by Crippen LogP contribution is -2.31. The average Bonchev–Trinajstić information content (AvgIpc) is 1.99. The summed E-state index contributed by atoms with van der Waals surface area (Å²) >= 11 is 0. The van der Waals surface area contributed by atoms with Crippen LogP contribution in [0.15, 0.2) is 0 Å². The molecule has 0 heterocycles. The molecule has 0 aromatic rings. The third-order valence-electron chi connectivity index (χ3n) is 1.10. The second-order valence-corrected chi connectivity index (χ2v) is 1.76. The van der Waals surface area contributed by atoms with E-state index in [-0.39, 0.29) is 19.1 Å². The lowest BCUT2D eigenvalue weighted by molar-refractivity contribution is -0.177. The van der Waals surface area contributed by atoms with E-state index < -0.39 is 0 Å². The van der Waals surface area contributed by atoms with E-state index in [1.54, 1.807) is 6.92 Å². The Morgan fingerprint density at radius 2 is 2.30 bits per heavy atom. The van der Waals surface area contributed by atoms with Crippen molar-refractivity contribution in [3.8, 4) is 0 Å². The van der Waals surface area contributed by atoms with Gasteiger partial charge in [-0.05, 0) is 0 Å². The van der Waals surface area contributed by atoms with Crippen molar-refractivity contribution in [2.45, 2.75) is 13.3 Å². The van der Waals surface area contributed by atoms with E-state index in [1.807, 2.05) is 0 Å². The van der Waals surface area contributed by atoms with E-state index in [1.165, 1.54) is 7.11 Å². The van der Waals surface area contributed by atoms with Gasteiger partial charge in [0, 0.05) is 6.42 Å². The molecule has 0 aromatic carbocycles. The van der Waals surface area contributed by atoms with Crippen molar-refractivity contribution in [2.24, 2.45) is 0 Å². The van der Waals surface area contributed by atoms with Gasteiger partial charge in [-0.15, -0.1) is 0 Å². The largest absolute Gasteiger partial charge is 0.394 e. The van der Waals surface area contributed by atoms with Crippen LogP contribution in [0.2, 0.25) is 0 Å². The number of hydrogen-bond acceptors (Lipinski definition) is 3. The minimum atomic E-state index is -0.114. The molecule has 0 aromatic heterocycles. The van der Waals surface area contributed by atoms with Gasteiger partial charge < -0.3 is 5.11 Å². The molecule has 1 N–H and O–H groups in total. The van der Waals surface area contributed by atoms with Crippen LogP contribution in [0.3, 0.4) is 0 Å². The smallest absolute Gasteiger partial charge is 0.245 e. The first-order valence-corrected chi connectivity index (χ1v) is 3.21. The number of aliphatic hydroxyl groups is 1. The zero-order chi connectivity index (χ0) is 7.98. The van der Waals surface area contributed by atoms with Crippen molar-refractivity contribution in [2.75, 3.05) is 20.3 Å². The predicted molar refractivity (Wildman–Crippen MR) is 36.1 cm³/mol. The first-order valence-electron chi connectivity index (χ1n) is 3.21. The number of aliphatic hydroxyl groups excluding tert-OH is 1. The summed E-state index contributed by atoms with van der Waals surface area (Å²) in [7, 11) is 1.41. The Morgan fingerprint density at radius 1 is 1.70 bits per heavy atom. The Labute approximate surface area is 60.3 Å². The Kier molecular flexibility index (Phi) is 4.88. The minimum absolute atomic E-state index is 0.0699. The predicted octanol–water partition coefficient (Wildman–Crippen LogP) is -0.221. The molecule has 4 nitrogen and oxygen atoms in total. The van der Waals surface area contributed by atoms with Crippen LogP contribution in [-0.2, 0) is 9.63 Å². The number of rotatable bonds is 4. The van der Waals surface area contributed by atoms with Crippen LogP contribution in [0.1, 0.15) is 13.3 Å². The standard InChI is InChI=1S/C6H13NO3/c1-3-6(9)7(10-2)4-5-8/h8H,3-5H2,1-2H3. The van der Waals surface area contributed by atoms with Gasteiger partial charge in [0.15, 0.2) is 0 Å². The third kappa shape index (κ3) is 2.80. The number of nitrogens with zero attached hydrogens (tertiary/aromatic N) is 1. The Bertz CT molecular complexity index is 105. The highest BCUT2D eigenvalue weighted by molar-refractivity contribution is 5.74. The molecule has 60 valence electrons. The number of amides is 1. The number of carbonyl (C=O) groups excluding carboxylic acids is 1. The van der Waals surface area contributed by atoms with Gasteiger partial charge in [-0.1, -0.05) is 6.92 Å². The fraction of sp³-hybridized carbons (Fsp3) is 0.833. The Balaban J connectivity index is 3.68. The quantitative estimate of drug-likeness (QED) is 0.559. The van der Waals surface area contributed by atoms with Gasteiger partial charge in [0.05, 0.1) is 20.3 Å². The van der Waals surface area contributed by atoms with Crippen LogP contribution >= 0.6 is 0 Å². The van der Waals surface area contributed by atoms with Crippen LogP contribution in [0, 0.1) is 0 Å². The maximum Gasteiger partial charge on any atom is 0.245 e. The zero-order valence-electron chi connectivity index (χ0n) is 6.33. The highest BCUT2D eigenvalue weighted by Gasteiger charge is 2.08. The molecule has 0 unspecified atom stereocenters. The summed E-state index contributed by atoms with van der Waals surface area (Å²) in [5.41, 5.74) is 0. The summed E-state index contributed by atoms with van der Waals surface area (Å²) in [4.78, 5) is 15.5. The molecule has 0 saturated carbocycles. The van der Waals surface area contributed by atoms with E-state index >= 15 is 0 Å². The van der Waals surface area contributed by atoms with Crippen molar-refractivity contribution in [3.63, 3.8) is 0 Å². The third-order valence-corrected chi connectivity index (χ3v) is 1.10. The normalized spacial score (nSPS) is 9.50. The van der Waals surface area contributed by atoms with E-state index in [0.717, 1.165) is 5.06 Å². The van der Waals surface area contributed by atoms with Gasteiger partial charge in [0.25, 0.3) is 0 Å². The monoisotopic (exact) mass is 147 g/mol. The van der Waals surface area contributed by atoms with Gasteiger partial charge in [-0.3, -0.25) is 9.63 Å². The molecule has 0 saturated heterocycles. The summed E-state index contributed by atoms with van der Waals surface area (Å²) in [5.74, 6) is -0.114. The molecule has 0 spiro atoms. The molecule has 4 heteroatoms. The van der Waals surface area contributed by atoms with Gasteiger partial charge in [-0.25, -0.2) is 5.06 Å². The van der Waals surface area contributed by atoms with Crippen LogP contribution in [-0.4, -0.2) is 36.3 Å². The summed E-state index contributed by atoms with van der Waals surface area (Å²) in [6.45, 7) is 1.91. The summed E-state index contributed by atoms with van der Waals surface area (Å²) in [5, 5.41) is 9.58. The van der Waals surface area contributed by atoms with Crippen molar-refractivity contribution in [1.29, 1.82) is 0 Å². The van der Waals surface area contributed by atoms with Gasteiger partial charge >= 0.3 is 0 Å². The number of hydrogen-bond donors (Lipinski definition) is 1. The maximum absolute atomic E-state index is 10.8. The second kappa shape index (κ2) is 5.20. The molecule has 0 radical (unpaired) electrons. The highest BCUT2D eigenvalue weighted by atomic mass is 16.7. The van der Waals surface area contributed by atoms with E-state index in [9.17, 15) is 4.79 Å². The van der Waals surface area contributed by atoms with E-state index in [2.05, 4.69) is 4.84 Å². The van der Waals surface area contributed by atoms with Crippen molar-refractivity contribution >= 4 is 5.91 Å². The van der Waals surface area contributed by atoms with Crippen molar-refractivity contribution in [1.82, 2.24) is 5.06 Å². The minimum Gasteiger partial charge on any atom is -0.394 e. The summed E-state index contributed by atoms with van der Waals surface area (Å²) < 4.78 is 0. The lowest BCUT2D eigenvalue weighted by Gasteiger charge is -2.16. The Morgan fingerprint density at radius 3 is 2.60 bits per heavy atom. The molecule has 0 rings (SSSR count). The van der Waals surface area contributed by atoms with Gasteiger partial charge in [-0.2, -0.15) is 0 Å². The lowest BCUT2D eigenvalue weighted by atomic mass is 10.4. The maximum atomic E-state index is 10.8. The van der Waals surface area contributed by atoms with Crippen LogP contribution in [0.5, 0.6) is 0 Å². The molecule has 0 aliphatic carbocycles. The Hall–Kier alpha value is -0.610. The summed E-state index contributed by atoms with van der Waals surface area (Å²) in [6, 6.07) is 0. The molecule has 1 amide bonds. The molecule has 0 atom stereocenters. The topological polar surface area (TPSA) is 49.8 Å². The second-order valence-electron chi connectivity index (χ2n) is 1.76.